The molecule has 0 saturated carbocycles. The van der Waals surface area contributed by atoms with Crippen molar-refractivity contribution >= 4 is 11.6 Å². The Kier molecular flexibility index (Phi) is 2.81. The number of carbonyl (C=O) groups is 1. The van der Waals surface area contributed by atoms with Crippen molar-refractivity contribution in [1.82, 2.24) is 10.2 Å². The van der Waals surface area contributed by atoms with Crippen LogP contribution >= 0.6 is 0 Å². The van der Waals surface area contributed by atoms with Gasteiger partial charge < -0.3 is 11.1 Å². The molecule has 5 heteroatoms. The van der Waals surface area contributed by atoms with Crippen molar-refractivity contribution in [3.63, 3.8) is 0 Å². The molecule has 0 aromatic heterocycles. The largest absolute Gasteiger partial charge is 0.365 e. The lowest BCUT2D eigenvalue weighted by molar-refractivity contribution is -0.122. The van der Waals surface area contributed by atoms with Gasteiger partial charge in [-0.25, -0.2) is 4.90 Å². The highest BCUT2D eigenvalue weighted by Gasteiger charge is 2.22. The number of hydrogen-bond acceptors (Lipinski definition) is 4. The lowest BCUT2D eigenvalue weighted by Gasteiger charge is -2.06. The zero-order valence-electron chi connectivity index (χ0n) is 9.34. The molecule has 0 radical (unpaired) electrons. The molecule has 0 spiro atoms. The zero-order chi connectivity index (χ0) is 12.4. The van der Waals surface area contributed by atoms with Crippen molar-refractivity contribution < 1.29 is 4.79 Å². The molecule has 1 amide bonds. The van der Waals surface area contributed by atoms with Crippen molar-refractivity contribution in [1.29, 1.82) is 5.26 Å². The molecular weight excluding hydrogens is 216 g/mol. The van der Waals surface area contributed by atoms with Crippen molar-refractivity contribution in [3.05, 3.63) is 41.5 Å². The molecule has 17 heavy (non-hydrogen) atoms. The fourth-order valence-electron chi connectivity index (χ4n) is 1.73. The molecule has 1 aromatic rings. The summed E-state index contributed by atoms with van der Waals surface area (Å²) in [5, 5.41) is 11.6. The average molecular weight is 228 g/mol. The second kappa shape index (κ2) is 4.28. The number of fused-ring (bicyclic) bond motifs is 1. The van der Waals surface area contributed by atoms with Gasteiger partial charge >= 0.3 is 0 Å². The van der Waals surface area contributed by atoms with Crippen LogP contribution in [-0.2, 0) is 4.79 Å². The van der Waals surface area contributed by atoms with Crippen LogP contribution in [0, 0.1) is 11.5 Å². The molecular formula is C12H12N4O. The van der Waals surface area contributed by atoms with Gasteiger partial charge in [0.2, 0.25) is 0 Å². The third-order valence-electron chi connectivity index (χ3n) is 2.65. The quantitative estimate of drug-likeness (QED) is 0.417. The van der Waals surface area contributed by atoms with E-state index in [-0.39, 0.29) is 12.1 Å². The van der Waals surface area contributed by atoms with Gasteiger partial charge in [-0.2, -0.15) is 5.26 Å². The normalized spacial score (nSPS) is 19.4. The maximum Gasteiger partial charge on any atom is 0.261 e. The van der Waals surface area contributed by atoms with Gasteiger partial charge in [0.25, 0.3) is 5.91 Å². The Balaban J connectivity index is 2.35. The molecule has 5 nitrogen and oxygen atoms in total. The molecule has 86 valence electrons. The minimum Gasteiger partial charge on any atom is -0.365 e. The summed E-state index contributed by atoms with van der Waals surface area (Å²) in [6.45, 7) is 0. The Bertz CT molecular complexity index is 530. The Labute approximate surface area is 99.1 Å². The average Bonchev–Trinajstić information content (AvgIpc) is 2.66. The van der Waals surface area contributed by atoms with Gasteiger partial charge in [0.05, 0.1) is 0 Å². The number of amides is 1. The summed E-state index contributed by atoms with van der Waals surface area (Å²) in [6, 6.07) is 7.57. The van der Waals surface area contributed by atoms with Crippen molar-refractivity contribution in [2.45, 2.75) is 6.17 Å². The summed E-state index contributed by atoms with van der Waals surface area (Å²) in [4.78, 5) is 12.6. The van der Waals surface area contributed by atoms with Gasteiger partial charge in [-0.3, -0.25) is 4.79 Å². The lowest BCUT2D eigenvalue weighted by atomic mass is 10.1. The summed E-state index contributed by atoms with van der Waals surface area (Å²) in [5.74, 6) is -0.376. The predicted octanol–water partition coefficient (Wildman–Crippen LogP) is 0.527. The predicted molar refractivity (Wildman–Crippen MR) is 62.9 cm³/mol. The molecule has 1 atom stereocenters. The number of nitrogens with zero attached hydrogens (tertiary/aromatic N) is 2. The molecule has 2 rings (SSSR count). The van der Waals surface area contributed by atoms with Gasteiger partial charge in [0, 0.05) is 24.4 Å². The van der Waals surface area contributed by atoms with Crippen molar-refractivity contribution in [2.24, 2.45) is 5.73 Å². The zero-order valence-corrected chi connectivity index (χ0v) is 9.34. The van der Waals surface area contributed by atoms with Crippen LogP contribution < -0.4 is 11.1 Å². The Morgan fingerprint density at radius 3 is 3.00 bits per heavy atom. The second-order valence-electron chi connectivity index (χ2n) is 3.76. The van der Waals surface area contributed by atoms with Gasteiger partial charge in [-0.15, -0.1) is 0 Å². The molecule has 1 aliphatic heterocycles. The monoisotopic (exact) mass is 228 g/mol. The number of carbonyl (C=O) groups excluding carboxylic acids is 1. The summed E-state index contributed by atoms with van der Waals surface area (Å²) in [6.07, 6.45) is 2.83. The Morgan fingerprint density at radius 1 is 1.59 bits per heavy atom. The highest BCUT2D eigenvalue weighted by Crippen LogP contribution is 2.28. The van der Waals surface area contributed by atoms with Crippen LogP contribution in [0.1, 0.15) is 17.3 Å². The van der Waals surface area contributed by atoms with Crippen LogP contribution in [0.5, 0.6) is 0 Å². The minimum atomic E-state index is -0.376. The number of rotatable bonds is 1. The van der Waals surface area contributed by atoms with Gasteiger partial charge in [0.1, 0.15) is 6.17 Å². The molecule has 0 bridgehead atoms. The van der Waals surface area contributed by atoms with E-state index in [0.717, 1.165) is 16.0 Å². The van der Waals surface area contributed by atoms with Gasteiger partial charge in [-0.1, -0.05) is 24.3 Å². The maximum atomic E-state index is 11.6. The maximum absolute atomic E-state index is 11.6. The SMILES string of the molecule is CN(C#N)C(=O)C=C1NC(N)c2ccccc21. The van der Waals surface area contributed by atoms with E-state index in [1.54, 1.807) is 6.19 Å². The first kappa shape index (κ1) is 11.2. The topological polar surface area (TPSA) is 82.2 Å². The van der Waals surface area contributed by atoms with Crippen molar-refractivity contribution in [3.8, 4) is 6.19 Å². The number of nitrogens with one attached hydrogen (secondary N) is 1. The molecule has 1 aliphatic rings. The van der Waals surface area contributed by atoms with Crippen LogP contribution in [0.2, 0.25) is 0 Å². The van der Waals surface area contributed by atoms with E-state index in [1.807, 2.05) is 24.3 Å². The Hall–Kier alpha value is -2.32. The van der Waals surface area contributed by atoms with Gasteiger partial charge in [0.15, 0.2) is 6.19 Å². The Morgan fingerprint density at radius 2 is 2.29 bits per heavy atom. The molecule has 1 aromatic carbocycles. The summed E-state index contributed by atoms with van der Waals surface area (Å²) >= 11 is 0. The van der Waals surface area contributed by atoms with E-state index in [9.17, 15) is 4.79 Å². The van der Waals surface area contributed by atoms with E-state index in [2.05, 4.69) is 5.32 Å². The standard InChI is InChI=1S/C12H12N4O/c1-16(7-13)11(17)6-10-8-4-2-3-5-9(8)12(14)15-10/h2-6,12,15H,14H2,1H3. The summed E-state index contributed by atoms with van der Waals surface area (Å²) < 4.78 is 0. The fourth-order valence-corrected chi connectivity index (χ4v) is 1.73. The van der Waals surface area contributed by atoms with Crippen LogP contribution in [0.15, 0.2) is 30.3 Å². The minimum absolute atomic E-state index is 0.308. The highest BCUT2D eigenvalue weighted by atomic mass is 16.2. The molecule has 0 fully saturated rings. The molecule has 1 unspecified atom stereocenters. The lowest BCUT2D eigenvalue weighted by Crippen LogP contribution is -2.23. The summed E-state index contributed by atoms with van der Waals surface area (Å²) in [5.41, 5.74) is 8.38. The van der Waals surface area contributed by atoms with Crippen LogP contribution in [0.4, 0.5) is 0 Å². The first-order chi connectivity index (χ1) is 8.13. The number of benzene rings is 1. The number of nitrogens with two attached hydrogens (primary N) is 1. The van der Waals surface area contributed by atoms with Crippen LogP contribution in [0.25, 0.3) is 5.70 Å². The molecule has 1 heterocycles. The van der Waals surface area contributed by atoms with E-state index < -0.39 is 0 Å². The van der Waals surface area contributed by atoms with E-state index in [4.69, 9.17) is 11.0 Å². The van der Waals surface area contributed by atoms with E-state index in [1.165, 1.54) is 13.1 Å². The third-order valence-corrected chi connectivity index (χ3v) is 2.65. The number of nitriles is 1. The second-order valence-corrected chi connectivity index (χ2v) is 3.76. The summed E-state index contributed by atoms with van der Waals surface area (Å²) in [7, 11) is 1.42. The highest BCUT2D eigenvalue weighted by molar-refractivity contribution is 5.96. The first-order valence-electron chi connectivity index (χ1n) is 5.14. The molecule has 0 saturated heterocycles. The fraction of sp³-hybridized carbons (Fsp3) is 0.167. The number of hydrogen-bond donors (Lipinski definition) is 2. The van der Waals surface area contributed by atoms with Gasteiger partial charge in [-0.05, 0) is 5.56 Å². The van der Waals surface area contributed by atoms with Crippen LogP contribution in [-0.4, -0.2) is 17.9 Å². The van der Waals surface area contributed by atoms with E-state index in [0.29, 0.717) is 5.70 Å². The van der Waals surface area contributed by atoms with E-state index >= 15 is 0 Å². The third kappa shape index (κ3) is 1.98. The smallest absolute Gasteiger partial charge is 0.261 e. The molecule has 0 aliphatic carbocycles. The van der Waals surface area contributed by atoms with Crippen LogP contribution in [0.3, 0.4) is 0 Å². The molecule has 3 N–H and O–H groups in total. The number of likely N-dealkylation sites (N-methyl/N-ethyl adjacent to an activating group) is 1. The van der Waals surface area contributed by atoms with Crippen molar-refractivity contribution in [2.75, 3.05) is 7.05 Å². The first-order valence-corrected chi connectivity index (χ1v) is 5.14.